The first kappa shape index (κ1) is 24.6. The van der Waals surface area contributed by atoms with Gasteiger partial charge in [0.2, 0.25) is 0 Å². The Labute approximate surface area is 199 Å². The lowest BCUT2D eigenvalue weighted by molar-refractivity contribution is -0.285. The number of H-pyrrole nitrogens is 1. The third-order valence-electron chi connectivity index (χ3n) is 5.82. The number of fused-ring (bicyclic) bond motifs is 3. The Morgan fingerprint density at radius 1 is 1.06 bits per heavy atom. The van der Waals surface area contributed by atoms with Crippen molar-refractivity contribution < 1.29 is 37.3 Å². The fourth-order valence-corrected chi connectivity index (χ4v) is 4.10. The maximum atomic E-state index is 12.1. The van der Waals surface area contributed by atoms with E-state index in [0.29, 0.717) is 19.7 Å². The number of ether oxygens (including phenoxy) is 1. The third-order valence-corrected chi connectivity index (χ3v) is 5.82. The Morgan fingerprint density at radius 2 is 1.86 bits per heavy atom. The smallest absolute Gasteiger partial charge is 0.494 e. The van der Waals surface area contributed by atoms with Gasteiger partial charge >= 0.3 is 18.1 Å². The summed E-state index contributed by atoms with van der Waals surface area (Å²) in [6.45, 7) is 2.09. The molecule has 7 nitrogen and oxygen atoms in total. The molecule has 0 radical (unpaired) electrons. The van der Waals surface area contributed by atoms with Gasteiger partial charge in [0, 0.05) is 42.3 Å². The second-order valence-electron chi connectivity index (χ2n) is 8.33. The van der Waals surface area contributed by atoms with Crippen LogP contribution in [0.25, 0.3) is 10.9 Å². The molecule has 1 N–H and O–H groups in total. The van der Waals surface area contributed by atoms with Crippen LogP contribution < -0.4 is 4.74 Å². The number of aromatic nitrogens is 1. The lowest BCUT2D eigenvalue weighted by Crippen LogP contribution is -2.33. The maximum Gasteiger partial charge on any atom is 0.495 e. The lowest BCUT2D eigenvalue weighted by atomic mass is 10.0. The number of alkyl halides is 3. The molecule has 2 heterocycles. The van der Waals surface area contributed by atoms with Crippen LogP contribution in [0, 0.1) is 0 Å². The van der Waals surface area contributed by atoms with Crippen molar-refractivity contribution in [1.82, 2.24) is 9.88 Å². The van der Waals surface area contributed by atoms with E-state index in [0.717, 1.165) is 41.6 Å². The fraction of sp³-hybridized carbons (Fsp3) is 0.360. The van der Waals surface area contributed by atoms with Gasteiger partial charge < -0.3 is 9.72 Å². The SMILES string of the molecule is O=C(CCN1CCc2c([nH]c3cc(OCCCc4ccccc4)ccc23)C1)OOC(=O)C(F)(F)F. The largest absolute Gasteiger partial charge is 0.495 e. The van der Waals surface area contributed by atoms with E-state index in [-0.39, 0.29) is 13.0 Å². The van der Waals surface area contributed by atoms with E-state index in [1.54, 1.807) is 0 Å². The molecular weight excluding hydrogens is 465 g/mol. The van der Waals surface area contributed by atoms with E-state index >= 15 is 0 Å². The van der Waals surface area contributed by atoms with Gasteiger partial charge in [-0.25, -0.2) is 19.4 Å². The number of benzene rings is 2. The quantitative estimate of drug-likeness (QED) is 0.285. The van der Waals surface area contributed by atoms with Gasteiger partial charge in [-0.1, -0.05) is 30.3 Å². The molecule has 0 spiro atoms. The predicted molar refractivity (Wildman–Crippen MR) is 120 cm³/mol. The van der Waals surface area contributed by atoms with Crippen molar-refractivity contribution in [2.45, 2.75) is 38.4 Å². The summed E-state index contributed by atoms with van der Waals surface area (Å²) in [5, 5.41) is 1.12. The molecule has 0 bridgehead atoms. The van der Waals surface area contributed by atoms with Crippen molar-refractivity contribution in [3.8, 4) is 5.75 Å². The van der Waals surface area contributed by atoms with Crippen LogP contribution in [0.1, 0.15) is 29.7 Å². The van der Waals surface area contributed by atoms with Crippen molar-refractivity contribution in [3.05, 3.63) is 65.4 Å². The van der Waals surface area contributed by atoms with E-state index in [9.17, 15) is 22.8 Å². The molecule has 4 rings (SSSR count). The van der Waals surface area contributed by atoms with E-state index in [1.165, 1.54) is 11.1 Å². The molecule has 0 aliphatic carbocycles. The topological polar surface area (TPSA) is 80.9 Å². The minimum absolute atomic E-state index is 0.207. The number of hydrogen-bond donors (Lipinski definition) is 1. The lowest BCUT2D eigenvalue weighted by Gasteiger charge is -2.26. The van der Waals surface area contributed by atoms with Crippen molar-refractivity contribution in [1.29, 1.82) is 0 Å². The minimum Gasteiger partial charge on any atom is -0.494 e. The zero-order chi connectivity index (χ0) is 24.8. The van der Waals surface area contributed by atoms with Crippen LogP contribution in [0.2, 0.25) is 0 Å². The summed E-state index contributed by atoms with van der Waals surface area (Å²) in [4.78, 5) is 35.1. The van der Waals surface area contributed by atoms with Crippen LogP contribution in [0.5, 0.6) is 5.75 Å². The molecule has 3 aromatic rings. The first-order valence-electron chi connectivity index (χ1n) is 11.3. The van der Waals surface area contributed by atoms with E-state index < -0.39 is 18.1 Å². The molecule has 1 aliphatic rings. The third kappa shape index (κ3) is 6.54. The Balaban J connectivity index is 1.26. The summed E-state index contributed by atoms with van der Waals surface area (Å²) in [5.41, 5.74) is 4.47. The number of hydrogen-bond acceptors (Lipinski definition) is 6. The van der Waals surface area contributed by atoms with Gasteiger partial charge in [0.25, 0.3) is 0 Å². The highest BCUT2D eigenvalue weighted by molar-refractivity contribution is 5.86. The highest BCUT2D eigenvalue weighted by Crippen LogP contribution is 2.30. The monoisotopic (exact) mass is 490 g/mol. The van der Waals surface area contributed by atoms with Gasteiger partial charge in [-0.3, -0.25) is 4.90 Å². The van der Waals surface area contributed by atoms with Crippen LogP contribution in [0.4, 0.5) is 13.2 Å². The number of nitrogens with zero attached hydrogens (tertiary/aromatic N) is 1. The number of carbonyl (C=O) groups is 2. The Morgan fingerprint density at radius 3 is 2.63 bits per heavy atom. The average Bonchev–Trinajstić information content (AvgIpc) is 3.20. The predicted octanol–water partition coefficient (Wildman–Crippen LogP) is 4.49. The number of rotatable bonds is 8. The molecule has 0 saturated heterocycles. The van der Waals surface area contributed by atoms with Crippen molar-refractivity contribution in [2.24, 2.45) is 0 Å². The number of aryl methyl sites for hydroxylation is 1. The van der Waals surface area contributed by atoms with E-state index in [2.05, 4.69) is 26.9 Å². The average molecular weight is 490 g/mol. The minimum atomic E-state index is -5.22. The standard InChI is InChI=1S/C25H25F3N2O5/c26-25(27,28)24(32)35-34-23(31)11-13-30-12-10-20-19-9-8-18(15-21(19)29-22(20)16-30)33-14-4-7-17-5-2-1-3-6-17/h1-3,5-6,8-9,15,29H,4,7,10-14,16H2. The van der Waals surface area contributed by atoms with Crippen molar-refractivity contribution in [3.63, 3.8) is 0 Å². The number of nitrogens with one attached hydrogen (secondary N) is 1. The maximum absolute atomic E-state index is 12.1. The van der Waals surface area contributed by atoms with Crippen LogP contribution in [-0.4, -0.2) is 47.7 Å². The molecule has 10 heteroatoms. The van der Waals surface area contributed by atoms with Crippen LogP contribution in [0.3, 0.4) is 0 Å². The van der Waals surface area contributed by atoms with Gasteiger partial charge in [-0.15, -0.1) is 0 Å². The molecule has 0 fully saturated rings. The highest BCUT2D eigenvalue weighted by Gasteiger charge is 2.43. The van der Waals surface area contributed by atoms with Crippen molar-refractivity contribution in [2.75, 3.05) is 19.7 Å². The zero-order valence-electron chi connectivity index (χ0n) is 18.9. The van der Waals surface area contributed by atoms with Crippen molar-refractivity contribution >= 4 is 22.8 Å². The number of halogens is 3. The molecule has 1 aromatic heterocycles. The molecular formula is C25H25F3N2O5. The number of aromatic amines is 1. The van der Waals surface area contributed by atoms with Gasteiger partial charge in [0.15, 0.2) is 0 Å². The molecule has 35 heavy (non-hydrogen) atoms. The second-order valence-corrected chi connectivity index (χ2v) is 8.33. The first-order chi connectivity index (χ1) is 16.8. The summed E-state index contributed by atoms with van der Waals surface area (Å²) in [7, 11) is 0. The van der Waals surface area contributed by atoms with Gasteiger partial charge in [0.1, 0.15) is 5.75 Å². The molecule has 2 aromatic carbocycles. The Kier molecular flexibility index (Phi) is 7.60. The summed E-state index contributed by atoms with van der Waals surface area (Å²) in [6, 6.07) is 16.2. The molecule has 186 valence electrons. The summed E-state index contributed by atoms with van der Waals surface area (Å²) in [5.74, 6) is -2.82. The number of carbonyl (C=O) groups excluding carboxylic acids is 2. The summed E-state index contributed by atoms with van der Waals surface area (Å²) < 4.78 is 42.2. The van der Waals surface area contributed by atoms with Crippen LogP contribution in [0.15, 0.2) is 48.5 Å². The van der Waals surface area contributed by atoms with Crippen LogP contribution in [-0.2, 0) is 38.8 Å². The molecule has 0 atom stereocenters. The second kappa shape index (κ2) is 10.8. The molecule has 0 saturated carbocycles. The highest BCUT2D eigenvalue weighted by atomic mass is 19.4. The van der Waals surface area contributed by atoms with E-state index in [1.807, 2.05) is 41.3 Å². The zero-order valence-corrected chi connectivity index (χ0v) is 18.9. The van der Waals surface area contributed by atoms with Gasteiger partial charge in [-0.05, 0) is 42.5 Å². The molecule has 0 unspecified atom stereocenters. The van der Waals surface area contributed by atoms with Crippen LogP contribution >= 0.6 is 0 Å². The van der Waals surface area contributed by atoms with Gasteiger partial charge in [-0.2, -0.15) is 13.2 Å². The molecule has 1 aliphatic heterocycles. The Hall–Kier alpha value is -3.53. The fourth-order valence-electron chi connectivity index (χ4n) is 4.10. The summed E-state index contributed by atoms with van der Waals surface area (Å²) in [6.07, 6.45) is -2.80. The summed E-state index contributed by atoms with van der Waals surface area (Å²) >= 11 is 0. The molecule has 0 amide bonds. The van der Waals surface area contributed by atoms with Gasteiger partial charge in [0.05, 0.1) is 13.0 Å². The Bertz CT molecular complexity index is 1180. The van der Waals surface area contributed by atoms with E-state index in [4.69, 9.17) is 4.74 Å². The normalized spacial score (nSPS) is 13.9. The first-order valence-corrected chi connectivity index (χ1v) is 11.3.